The average Bonchev–Trinajstić information content (AvgIpc) is 3.48. The van der Waals surface area contributed by atoms with Crippen molar-refractivity contribution >= 4 is 33.4 Å². The Morgan fingerprint density at radius 2 is 1.88 bits per heavy atom. The molecule has 7 heteroatoms. The van der Waals surface area contributed by atoms with Gasteiger partial charge in [-0.05, 0) is 54.5 Å². The van der Waals surface area contributed by atoms with Crippen molar-refractivity contribution < 1.29 is 14.3 Å². The van der Waals surface area contributed by atoms with E-state index in [4.69, 9.17) is 4.74 Å². The molecule has 4 aromatic rings. The number of fused-ring (bicyclic) bond motifs is 1. The number of aromatic nitrogens is 2. The van der Waals surface area contributed by atoms with Crippen LogP contribution in [-0.4, -0.2) is 34.6 Å². The van der Waals surface area contributed by atoms with Crippen LogP contribution in [0.2, 0.25) is 0 Å². The fraction of sp³-hybridized carbons (Fsp3) is 0.296. The van der Waals surface area contributed by atoms with Crippen molar-refractivity contribution in [3.63, 3.8) is 0 Å². The highest BCUT2D eigenvalue weighted by Gasteiger charge is 2.28. The molecule has 1 aromatic carbocycles. The van der Waals surface area contributed by atoms with Gasteiger partial charge in [-0.2, -0.15) is 0 Å². The second kappa shape index (κ2) is 9.81. The molecule has 1 aliphatic carbocycles. The van der Waals surface area contributed by atoms with Crippen LogP contribution in [0.15, 0.2) is 66.4 Å². The number of hydrogen-bond donors (Lipinski definition) is 1. The van der Waals surface area contributed by atoms with Gasteiger partial charge in [0.2, 0.25) is 0 Å². The average molecular weight is 474 g/mol. The molecule has 0 radical (unpaired) electrons. The Morgan fingerprint density at radius 1 is 1.09 bits per heavy atom. The molecule has 0 bridgehead atoms. The van der Waals surface area contributed by atoms with E-state index in [2.05, 4.69) is 57.5 Å². The number of thiophene rings is 1. The number of pyridine rings is 1. The third kappa shape index (κ3) is 4.61. The second-order valence-electron chi connectivity index (χ2n) is 8.79. The molecular formula is C27H27N3O3S. The van der Waals surface area contributed by atoms with Crippen molar-refractivity contribution in [3.05, 3.63) is 77.6 Å². The lowest BCUT2D eigenvalue weighted by molar-refractivity contribution is -0.146. The van der Waals surface area contributed by atoms with Gasteiger partial charge in [0.25, 0.3) is 5.91 Å². The van der Waals surface area contributed by atoms with Crippen LogP contribution in [0.1, 0.15) is 41.6 Å². The van der Waals surface area contributed by atoms with Gasteiger partial charge in [0, 0.05) is 36.6 Å². The first kappa shape index (κ1) is 22.3. The van der Waals surface area contributed by atoms with E-state index in [1.807, 2.05) is 17.6 Å². The summed E-state index contributed by atoms with van der Waals surface area (Å²) in [7, 11) is 1.43. The van der Waals surface area contributed by atoms with Crippen molar-refractivity contribution in [1.82, 2.24) is 14.9 Å². The fourth-order valence-electron chi connectivity index (χ4n) is 4.74. The summed E-state index contributed by atoms with van der Waals surface area (Å²) in [5.41, 5.74) is 5.08. The number of carbonyl (C=O) groups is 2. The molecule has 3 heterocycles. The van der Waals surface area contributed by atoms with E-state index in [1.54, 1.807) is 17.5 Å². The zero-order valence-electron chi connectivity index (χ0n) is 19.1. The lowest BCUT2D eigenvalue weighted by Crippen LogP contribution is -2.38. The van der Waals surface area contributed by atoms with Crippen LogP contribution >= 0.6 is 11.3 Å². The molecule has 0 aliphatic heterocycles. The first-order valence-electron chi connectivity index (χ1n) is 11.6. The number of esters is 1. The largest absolute Gasteiger partial charge is 0.469 e. The molecule has 5 rings (SSSR count). The monoisotopic (exact) mass is 473 g/mol. The summed E-state index contributed by atoms with van der Waals surface area (Å²) in [6.45, 7) is 0.693. The minimum Gasteiger partial charge on any atom is -0.469 e. The van der Waals surface area contributed by atoms with Crippen molar-refractivity contribution in [2.45, 2.75) is 38.3 Å². The van der Waals surface area contributed by atoms with E-state index in [-0.39, 0.29) is 23.8 Å². The molecule has 0 saturated heterocycles. The minimum atomic E-state index is -0.143. The van der Waals surface area contributed by atoms with Crippen molar-refractivity contribution in [2.75, 3.05) is 7.11 Å². The number of ether oxygens (including phenoxy) is 1. The minimum absolute atomic E-state index is 0.0420. The van der Waals surface area contributed by atoms with Crippen molar-refractivity contribution in [1.29, 1.82) is 0 Å². The molecule has 0 atom stereocenters. The quantitative estimate of drug-likeness (QED) is 0.387. The predicted octanol–water partition coefficient (Wildman–Crippen LogP) is 5.27. The number of nitrogens with one attached hydrogen (secondary N) is 1. The van der Waals surface area contributed by atoms with E-state index >= 15 is 0 Å². The summed E-state index contributed by atoms with van der Waals surface area (Å²) in [5.74, 6) is -0.233. The molecule has 34 heavy (non-hydrogen) atoms. The Hall–Kier alpha value is -3.45. The molecule has 0 spiro atoms. The summed E-state index contributed by atoms with van der Waals surface area (Å²) >= 11 is 1.59. The van der Waals surface area contributed by atoms with E-state index in [1.165, 1.54) is 12.7 Å². The van der Waals surface area contributed by atoms with Crippen LogP contribution in [0.5, 0.6) is 0 Å². The molecule has 0 unspecified atom stereocenters. The first-order valence-corrected chi connectivity index (χ1v) is 12.4. The molecule has 1 aliphatic rings. The van der Waals surface area contributed by atoms with Gasteiger partial charge < -0.3 is 14.6 Å². The molecule has 1 amide bonds. The smallest absolute Gasteiger partial charge is 0.308 e. The van der Waals surface area contributed by atoms with Gasteiger partial charge in [0.1, 0.15) is 0 Å². The predicted molar refractivity (Wildman–Crippen MR) is 134 cm³/mol. The van der Waals surface area contributed by atoms with Crippen LogP contribution in [0.4, 0.5) is 0 Å². The highest BCUT2D eigenvalue weighted by Crippen LogP contribution is 2.30. The van der Waals surface area contributed by atoms with Crippen LogP contribution in [0.3, 0.4) is 0 Å². The molecule has 1 saturated carbocycles. The Bertz CT molecular complexity index is 1290. The number of benzene rings is 1. The third-order valence-corrected chi connectivity index (χ3v) is 7.57. The van der Waals surface area contributed by atoms with Gasteiger partial charge in [-0.3, -0.25) is 14.6 Å². The van der Waals surface area contributed by atoms with Gasteiger partial charge in [-0.1, -0.05) is 30.3 Å². The Kier molecular flexibility index (Phi) is 6.45. The van der Waals surface area contributed by atoms with E-state index < -0.39 is 0 Å². The molecule has 3 aromatic heterocycles. The molecule has 174 valence electrons. The maximum atomic E-state index is 13.1. The normalized spacial score (nSPS) is 18.0. The zero-order valence-corrected chi connectivity index (χ0v) is 19.9. The Labute approximate surface area is 202 Å². The van der Waals surface area contributed by atoms with Crippen LogP contribution in [-0.2, 0) is 16.1 Å². The zero-order chi connectivity index (χ0) is 23.5. The van der Waals surface area contributed by atoms with Crippen LogP contribution < -0.4 is 5.32 Å². The molecule has 1 fully saturated rings. The summed E-state index contributed by atoms with van der Waals surface area (Å²) in [6, 6.07) is 14.6. The molecule has 1 N–H and O–H groups in total. The number of methoxy groups -OCH3 is 1. The number of rotatable bonds is 6. The maximum absolute atomic E-state index is 13.1. The molecule has 6 nitrogen and oxygen atoms in total. The van der Waals surface area contributed by atoms with Gasteiger partial charge in [-0.15, -0.1) is 11.3 Å². The number of hydrogen-bond acceptors (Lipinski definition) is 5. The second-order valence-corrected chi connectivity index (χ2v) is 9.70. The summed E-state index contributed by atoms with van der Waals surface area (Å²) in [4.78, 5) is 29.1. The summed E-state index contributed by atoms with van der Waals surface area (Å²) in [6.07, 6.45) is 8.78. The Morgan fingerprint density at radius 3 is 2.59 bits per heavy atom. The standard InChI is InChI=1S/C27H27N3O3S/c1-33-27(32)20-8-10-22(11-9-20)29-26(31)23-17-34-24-12-14-30(25(23)24)16-18-4-6-19(7-5-18)21-3-2-13-28-15-21/h2-7,12-15,17,20,22H,8-11,16H2,1H3,(H,29,31). The lowest BCUT2D eigenvalue weighted by Gasteiger charge is -2.27. The van der Waals surface area contributed by atoms with Crippen LogP contribution in [0.25, 0.3) is 21.3 Å². The van der Waals surface area contributed by atoms with Gasteiger partial charge in [0.05, 0.1) is 28.8 Å². The molecular weight excluding hydrogens is 446 g/mol. The topological polar surface area (TPSA) is 73.2 Å². The van der Waals surface area contributed by atoms with Crippen molar-refractivity contribution in [2.24, 2.45) is 5.92 Å². The highest BCUT2D eigenvalue weighted by atomic mass is 32.1. The van der Waals surface area contributed by atoms with Gasteiger partial charge >= 0.3 is 5.97 Å². The third-order valence-electron chi connectivity index (χ3n) is 6.63. The van der Waals surface area contributed by atoms with E-state index in [0.29, 0.717) is 12.1 Å². The van der Waals surface area contributed by atoms with Gasteiger partial charge in [0.15, 0.2) is 0 Å². The van der Waals surface area contributed by atoms with E-state index in [0.717, 1.165) is 47.0 Å². The lowest BCUT2D eigenvalue weighted by atomic mass is 9.86. The van der Waals surface area contributed by atoms with Gasteiger partial charge in [-0.25, -0.2) is 0 Å². The number of carbonyl (C=O) groups excluding carboxylic acids is 2. The highest BCUT2D eigenvalue weighted by molar-refractivity contribution is 7.17. The SMILES string of the molecule is COC(=O)C1CCC(NC(=O)c2csc3ccn(Cc4ccc(-c5cccnc5)cc4)c23)CC1. The van der Waals surface area contributed by atoms with E-state index in [9.17, 15) is 9.59 Å². The Balaban J connectivity index is 1.28. The number of nitrogens with zero attached hydrogens (tertiary/aromatic N) is 2. The van der Waals surface area contributed by atoms with Crippen molar-refractivity contribution in [3.8, 4) is 11.1 Å². The van der Waals surface area contributed by atoms with Crippen LogP contribution in [0, 0.1) is 5.92 Å². The summed E-state index contributed by atoms with van der Waals surface area (Å²) < 4.78 is 8.11. The maximum Gasteiger partial charge on any atom is 0.308 e. The number of amides is 1. The first-order chi connectivity index (χ1) is 16.6. The summed E-state index contributed by atoms with van der Waals surface area (Å²) in [5, 5.41) is 5.14. The fourth-order valence-corrected chi connectivity index (χ4v) is 5.68.